The van der Waals surface area contributed by atoms with Crippen LogP contribution in [-0.4, -0.2) is 18.6 Å². The van der Waals surface area contributed by atoms with Crippen molar-refractivity contribution in [3.8, 4) is 11.1 Å². The van der Waals surface area contributed by atoms with Gasteiger partial charge in [0.05, 0.1) is 0 Å². The number of esters is 1. The summed E-state index contributed by atoms with van der Waals surface area (Å²) in [5.74, 6) is 0.170. The molecule has 0 saturated heterocycles. The number of ether oxygens (including phenoxy) is 1. The van der Waals surface area contributed by atoms with E-state index < -0.39 is 6.04 Å². The minimum Gasteiger partial charge on any atom is -0.464 e. The second-order valence-electron chi connectivity index (χ2n) is 6.59. The van der Waals surface area contributed by atoms with Gasteiger partial charge in [0.1, 0.15) is 12.6 Å². The summed E-state index contributed by atoms with van der Waals surface area (Å²) in [6.07, 6.45) is 0.649. The lowest BCUT2D eigenvalue weighted by Gasteiger charge is -2.17. The smallest absolute Gasteiger partial charge is 0.322 e. The van der Waals surface area contributed by atoms with Gasteiger partial charge in [0.25, 0.3) is 0 Å². The molecule has 2 aromatic rings. The van der Waals surface area contributed by atoms with Gasteiger partial charge in [-0.15, -0.1) is 0 Å². The van der Waals surface area contributed by atoms with Crippen LogP contribution >= 0.6 is 0 Å². The number of benzene rings is 2. The van der Waals surface area contributed by atoms with Gasteiger partial charge in [-0.2, -0.15) is 0 Å². The zero-order valence-electron chi connectivity index (χ0n) is 13.7. The number of hydrogen-bond acceptors (Lipinski definition) is 3. The number of rotatable bonds is 5. The van der Waals surface area contributed by atoms with E-state index in [9.17, 15) is 4.79 Å². The van der Waals surface area contributed by atoms with Gasteiger partial charge in [-0.05, 0) is 34.6 Å². The van der Waals surface area contributed by atoms with E-state index in [1.54, 1.807) is 0 Å². The van der Waals surface area contributed by atoms with Crippen LogP contribution < -0.4 is 5.73 Å². The Labute approximate surface area is 137 Å². The summed E-state index contributed by atoms with van der Waals surface area (Å²) >= 11 is 0. The summed E-state index contributed by atoms with van der Waals surface area (Å²) in [7, 11) is 0. The average molecular weight is 309 g/mol. The molecule has 0 amide bonds. The molecular formula is C20H23NO2. The number of fused-ring (bicyclic) bond motifs is 3. The molecule has 0 aromatic heterocycles. The Balaban J connectivity index is 1.77. The molecule has 0 aliphatic heterocycles. The highest BCUT2D eigenvalue weighted by Crippen LogP contribution is 2.44. The third-order valence-corrected chi connectivity index (χ3v) is 4.38. The lowest BCUT2D eigenvalue weighted by molar-refractivity contribution is -0.145. The largest absolute Gasteiger partial charge is 0.464 e. The van der Waals surface area contributed by atoms with Gasteiger partial charge in [-0.3, -0.25) is 4.79 Å². The summed E-state index contributed by atoms with van der Waals surface area (Å²) in [5.41, 5.74) is 10.8. The van der Waals surface area contributed by atoms with Crippen molar-refractivity contribution in [1.82, 2.24) is 0 Å². The standard InChI is InChI=1S/C20H23NO2/c1-13(2)11-19(21)20(22)23-12-18-16-9-5-3-7-14(16)15-8-4-6-10-17(15)18/h3-10,13,18-19H,11-12,21H2,1-2H3. The van der Waals surface area contributed by atoms with Crippen LogP contribution in [0.2, 0.25) is 0 Å². The molecule has 0 heterocycles. The highest BCUT2D eigenvalue weighted by Gasteiger charge is 2.29. The fourth-order valence-corrected chi connectivity index (χ4v) is 3.32. The zero-order valence-corrected chi connectivity index (χ0v) is 13.7. The second kappa shape index (κ2) is 6.55. The third kappa shape index (κ3) is 3.15. The van der Waals surface area contributed by atoms with Crippen molar-refractivity contribution in [2.75, 3.05) is 6.61 Å². The monoisotopic (exact) mass is 309 g/mol. The van der Waals surface area contributed by atoms with Crippen LogP contribution in [0.4, 0.5) is 0 Å². The Morgan fingerprint density at radius 1 is 1.04 bits per heavy atom. The quantitative estimate of drug-likeness (QED) is 0.857. The fraction of sp³-hybridized carbons (Fsp3) is 0.350. The van der Waals surface area contributed by atoms with Crippen LogP contribution in [0.3, 0.4) is 0 Å². The summed E-state index contributed by atoms with van der Waals surface area (Å²) in [5, 5.41) is 0. The summed E-state index contributed by atoms with van der Waals surface area (Å²) in [4.78, 5) is 12.1. The second-order valence-corrected chi connectivity index (χ2v) is 6.59. The molecule has 1 atom stereocenters. The van der Waals surface area contributed by atoms with Crippen LogP contribution in [0.1, 0.15) is 37.3 Å². The number of nitrogens with two attached hydrogens (primary N) is 1. The van der Waals surface area contributed by atoms with Crippen LogP contribution in [0.15, 0.2) is 48.5 Å². The predicted molar refractivity (Wildman–Crippen MR) is 92.1 cm³/mol. The molecule has 2 aromatic carbocycles. The molecule has 120 valence electrons. The third-order valence-electron chi connectivity index (χ3n) is 4.38. The van der Waals surface area contributed by atoms with E-state index in [-0.39, 0.29) is 11.9 Å². The van der Waals surface area contributed by atoms with Gasteiger partial charge in [-0.1, -0.05) is 62.4 Å². The summed E-state index contributed by atoms with van der Waals surface area (Å²) in [6.45, 7) is 4.45. The first-order valence-electron chi connectivity index (χ1n) is 8.18. The highest BCUT2D eigenvalue weighted by molar-refractivity contribution is 5.79. The molecule has 23 heavy (non-hydrogen) atoms. The molecule has 1 aliphatic carbocycles. The molecule has 1 unspecified atom stereocenters. The van der Waals surface area contributed by atoms with Crippen molar-refractivity contribution in [2.45, 2.75) is 32.2 Å². The van der Waals surface area contributed by atoms with Crippen molar-refractivity contribution >= 4 is 5.97 Å². The molecule has 0 saturated carbocycles. The van der Waals surface area contributed by atoms with Crippen molar-refractivity contribution in [3.05, 3.63) is 59.7 Å². The Bertz CT molecular complexity index is 663. The lowest BCUT2D eigenvalue weighted by Crippen LogP contribution is -2.34. The Hall–Kier alpha value is -2.13. The molecule has 3 rings (SSSR count). The minimum absolute atomic E-state index is 0.0950. The number of carbonyl (C=O) groups is 1. The van der Waals surface area contributed by atoms with Crippen LogP contribution in [-0.2, 0) is 9.53 Å². The first-order valence-corrected chi connectivity index (χ1v) is 8.18. The minimum atomic E-state index is -0.540. The maximum Gasteiger partial charge on any atom is 0.322 e. The predicted octanol–water partition coefficient (Wildman–Crippen LogP) is 3.72. The van der Waals surface area contributed by atoms with Gasteiger partial charge >= 0.3 is 5.97 Å². The van der Waals surface area contributed by atoms with E-state index >= 15 is 0 Å². The van der Waals surface area contributed by atoms with Gasteiger partial charge in [0.2, 0.25) is 0 Å². The summed E-state index contributed by atoms with van der Waals surface area (Å²) < 4.78 is 5.54. The van der Waals surface area contributed by atoms with E-state index in [2.05, 4.69) is 38.1 Å². The molecule has 1 aliphatic rings. The van der Waals surface area contributed by atoms with Gasteiger partial charge in [0, 0.05) is 5.92 Å². The molecule has 0 fully saturated rings. The first kappa shape index (κ1) is 15.8. The van der Waals surface area contributed by atoms with Crippen LogP contribution in [0.25, 0.3) is 11.1 Å². The SMILES string of the molecule is CC(C)CC(N)C(=O)OCC1c2ccccc2-c2ccccc21. The summed E-state index contributed by atoms with van der Waals surface area (Å²) in [6, 6.07) is 16.1. The van der Waals surface area contributed by atoms with Crippen molar-refractivity contribution < 1.29 is 9.53 Å². The van der Waals surface area contributed by atoms with Crippen molar-refractivity contribution in [3.63, 3.8) is 0 Å². The van der Waals surface area contributed by atoms with Crippen LogP contribution in [0, 0.1) is 5.92 Å². The average Bonchev–Trinajstić information content (AvgIpc) is 2.86. The lowest BCUT2D eigenvalue weighted by atomic mass is 9.98. The number of carbonyl (C=O) groups excluding carboxylic acids is 1. The molecule has 2 N–H and O–H groups in total. The van der Waals surface area contributed by atoms with E-state index in [4.69, 9.17) is 10.5 Å². The normalized spacial score (nSPS) is 14.4. The molecule has 3 nitrogen and oxygen atoms in total. The van der Waals surface area contributed by atoms with E-state index in [1.807, 2.05) is 24.3 Å². The fourth-order valence-electron chi connectivity index (χ4n) is 3.32. The van der Waals surface area contributed by atoms with E-state index in [1.165, 1.54) is 22.3 Å². The van der Waals surface area contributed by atoms with Crippen molar-refractivity contribution in [2.24, 2.45) is 11.7 Å². The molecule has 0 radical (unpaired) electrons. The Morgan fingerprint density at radius 3 is 2.09 bits per heavy atom. The van der Waals surface area contributed by atoms with E-state index in [0.29, 0.717) is 18.9 Å². The maximum atomic E-state index is 12.1. The first-order chi connectivity index (χ1) is 11.1. The molecular weight excluding hydrogens is 286 g/mol. The van der Waals surface area contributed by atoms with Gasteiger partial charge in [-0.25, -0.2) is 0 Å². The molecule has 0 bridgehead atoms. The Morgan fingerprint density at radius 2 is 1.57 bits per heavy atom. The molecule has 3 heteroatoms. The highest BCUT2D eigenvalue weighted by atomic mass is 16.5. The number of hydrogen-bond donors (Lipinski definition) is 1. The zero-order chi connectivity index (χ0) is 16.4. The van der Waals surface area contributed by atoms with Crippen LogP contribution in [0.5, 0.6) is 0 Å². The topological polar surface area (TPSA) is 52.3 Å². The molecule has 0 spiro atoms. The van der Waals surface area contributed by atoms with E-state index in [0.717, 1.165) is 0 Å². The Kier molecular flexibility index (Phi) is 4.49. The van der Waals surface area contributed by atoms with Gasteiger partial charge < -0.3 is 10.5 Å². The maximum absolute atomic E-state index is 12.1. The van der Waals surface area contributed by atoms with Gasteiger partial charge in [0.15, 0.2) is 0 Å². The van der Waals surface area contributed by atoms with Crippen molar-refractivity contribution in [1.29, 1.82) is 0 Å².